The summed E-state index contributed by atoms with van der Waals surface area (Å²) in [4.78, 5) is 9.89. The van der Waals surface area contributed by atoms with E-state index in [-0.39, 0.29) is 0 Å². The molecule has 5 rings (SSSR count). The summed E-state index contributed by atoms with van der Waals surface area (Å²) in [5.41, 5.74) is 4.15. The molecule has 2 nitrogen and oxygen atoms in total. The van der Waals surface area contributed by atoms with Crippen molar-refractivity contribution in [2.75, 3.05) is 0 Å². The van der Waals surface area contributed by atoms with Crippen molar-refractivity contribution in [3.05, 3.63) is 83.3 Å². The summed E-state index contributed by atoms with van der Waals surface area (Å²) in [6.45, 7) is 0. The zero-order valence-corrected chi connectivity index (χ0v) is 16.1. The highest BCUT2D eigenvalue weighted by Gasteiger charge is 2.16. The molecule has 0 aliphatic rings. The van der Waals surface area contributed by atoms with Gasteiger partial charge in [0.1, 0.15) is 0 Å². The Morgan fingerprint density at radius 2 is 1.42 bits per heavy atom. The molecule has 0 fully saturated rings. The third-order valence-corrected chi connectivity index (χ3v) is 6.01. The van der Waals surface area contributed by atoms with Gasteiger partial charge in [0.15, 0.2) is 5.82 Å². The van der Waals surface area contributed by atoms with E-state index in [4.69, 9.17) is 9.97 Å². The van der Waals surface area contributed by atoms with E-state index in [0.29, 0.717) is 0 Å². The lowest BCUT2D eigenvalue weighted by atomic mass is 10.1. The molecule has 0 saturated heterocycles. The van der Waals surface area contributed by atoms with Gasteiger partial charge in [-0.3, -0.25) is 0 Å². The lowest BCUT2D eigenvalue weighted by Gasteiger charge is -2.06. The predicted molar refractivity (Wildman–Crippen MR) is 113 cm³/mol. The lowest BCUT2D eigenvalue weighted by molar-refractivity contribution is 1.24. The molecule has 0 saturated carbocycles. The smallest absolute Gasteiger partial charge is 0.160 e. The second-order valence-electron chi connectivity index (χ2n) is 6.05. The average Bonchev–Trinajstić information content (AvgIpc) is 3.06. The van der Waals surface area contributed by atoms with Crippen LogP contribution in [0.15, 0.2) is 83.3 Å². The van der Waals surface area contributed by atoms with Crippen molar-refractivity contribution in [3.63, 3.8) is 0 Å². The molecule has 2 heterocycles. The fraction of sp³-hybridized carbons (Fsp3) is 0. The molecule has 0 N–H and O–H groups in total. The summed E-state index contributed by atoms with van der Waals surface area (Å²) in [6.07, 6.45) is 0. The Labute approximate surface area is 163 Å². The van der Waals surface area contributed by atoms with Gasteiger partial charge in [0, 0.05) is 25.7 Å². The quantitative estimate of drug-likeness (QED) is 0.311. The van der Waals surface area contributed by atoms with E-state index >= 15 is 0 Å². The van der Waals surface area contributed by atoms with Gasteiger partial charge in [0.05, 0.1) is 15.9 Å². The zero-order chi connectivity index (χ0) is 17.5. The van der Waals surface area contributed by atoms with Crippen LogP contribution in [0.25, 0.3) is 42.9 Å². The van der Waals surface area contributed by atoms with Crippen LogP contribution in [0.5, 0.6) is 0 Å². The molecule has 0 amide bonds. The van der Waals surface area contributed by atoms with Crippen molar-refractivity contribution >= 4 is 47.6 Å². The van der Waals surface area contributed by atoms with E-state index in [1.54, 1.807) is 11.3 Å². The van der Waals surface area contributed by atoms with Crippen LogP contribution in [-0.2, 0) is 0 Å². The third-order valence-electron chi connectivity index (χ3n) is 4.35. The standard InChI is InChI=1S/C22H13BrN2S/c23-16-11-12-18-17(13-16)20-21(26-18)19(14-7-3-1-4-8-14)24-22(25-20)15-9-5-2-6-10-15/h1-13H. The lowest BCUT2D eigenvalue weighted by Crippen LogP contribution is -1.93. The summed E-state index contributed by atoms with van der Waals surface area (Å²) in [6, 6.07) is 26.9. The van der Waals surface area contributed by atoms with Crippen molar-refractivity contribution in [1.29, 1.82) is 0 Å². The van der Waals surface area contributed by atoms with Gasteiger partial charge < -0.3 is 0 Å². The second kappa shape index (κ2) is 6.31. The summed E-state index contributed by atoms with van der Waals surface area (Å²) in [5, 5.41) is 1.16. The predicted octanol–water partition coefficient (Wildman–Crippen LogP) is 6.94. The van der Waals surface area contributed by atoms with Gasteiger partial charge in [-0.2, -0.15) is 0 Å². The molecular formula is C22H13BrN2S. The van der Waals surface area contributed by atoms with Crippen LogP contribution >= 0.6 is 27.3 Å². The van der Waals surface area contributed by atoms with Crippen LogP contribution in [0.2, 0.25) is 0 Å². The number of hydrogen-bond donors (Lipinski definition) is 0. The highest BCUT2D eigenvalue weighted by atomic mass is 79.9. The van der Waals surface area contributed by atoms with E-state index < -0.39 is 0 Å². The number of rotatable bonds is 2. The van der Waals surface area contributed by atoms with Crippen LogP contribution in [0.1, 0.15) is 0 Å². The minimum Gasteiger partial charge on any atom is -0.226 e. The van der Waals surface area contributed by atoms with Crippen molar-refractivity contribution < 1.29 is 0 Å². The van der Waals surface area contributed by atoms with Crippen molar-refractivity contribution in [2.45, 2.75) is 0 Å². The molecule has 0 atom stereocenters. The van der Waals surface area contributed by atoms with Crippen LogP contribution in [0.3, 0.4) is 0 Å². The number of aromatic nitrogens is 2. The first-order chi connectivity index (χ1) is 12.8. The molecule has 26 heavy (non-hydrogen) atoms. The molecule has 0 unspecified atom stereocenters. The minimum absolute atomic E-state index is 0.761. The summed E-state index contributed by atoms with van der Waals surface area (Å²) in [5.74, 6) is 0.761. The fourth-order valence-corrected chi connectivity index (χ4v) is 4.62. The van der Waals surface area contributed by atoms with Gasteiger partial charge in [-0.25, -0.2) is 9.97 Å². The molecular weight excluding hydrogens is 404 g/mol. The Hall–Kier alpha value is -2.56. The molecule has 0 aliphatic carbocycles. The average molecular weight is 417 g/mol. The second-order valence-corrected chi connectivity index (χ2v) is 8.02. The number of nitrogens with zero attached hydrogens (tertiary/aromatic N) is 2. The number of fused-ring (bicyclic) bond motifs is 3. The van der Waals surface area contributed by atoms with Crippen LogP contribution in [0.4, 0.5) is 0 Å². The maximum atomic E-state index is 4.95. The molecule has 2 aromatic heterocycles. The third kappa shape index (κ3) is 2.62. The topological polar surface area (TPSA) is 25.8 Å². The van der Waals surface area contributed by atoms with Crippen LogP contribution in [-0.4, -0.2) is 9.97 Å². The minimum atomic E-state index is 0.761. The van der Waals surface area contributed by atoms with Crippen molar-refractivity contribution in [2.24, 2.45) is 0 Å². The summed E-state index contributed by atoms with van der Waals surface area (Å²) >= 11 is 5.34. The van der Waals surface area contributed by atoms with Crippen LogP contribution < -0.4 is 0 Å². The van der Waals surface area contributed by atoms with E-state index in [2.05, 4.69) is 70.5 Å². The molecule has 0 spiro atoms. The number of hydrogen-bond acceptors (Lipinski definition) is 3. The SMILES string of the molecule is Brc1ccc2sc3c(-c4ccccc4)nc(-c4ccccc4)nc3c2c1. The molecule has 4 heteroatoms. The fourth-order valence-electron chi connectivity index (χ4n) is 3.12. The Kier molecular flexibility index (Phi) is 3.80. The largest absolute Gasteiger partial charge is 0.226 e. The van der Waals surface area contributed by atoms with E-state index in [1.165, 1.54) is 4.70 Å². The Bertz CT molecular complexity index is 1230. The molecule has 5 aromatic rings. The maximum absolute atomic E-state index is 4.95. The van der Waals surface area contributed by atoms with Gasteiger partial charge in [0.25, 0.3) is 0 Å². The van der Waals surface area contributed by atoms with Gasteiger partial charge >= 0.3 is 0 Å². The number of thiophene rings is 1. The van der Waals surface area contributed by atoms with Gasteiger partial charge in [-0.05, 0) is 18.2 Å². The van der Waals surface area contributed by atoms with Crippen LogP contribution in [0, 0.1) is 0 Å². The zero-order valence-electron chi connectivity index (χ0n) is 13.7. The highest BCUT2D eigenvalue weighted by Crippen LogP contribution is 2.40. The normalized spacial score (nSPS) is 11.3. The monoisotopic (exact) mass is 416 g/mol. The Morgan fingerprint density at radius 3 is 2.15 bits per heavy atom. The molecule has 0 aliphatic heterocycles. The van der Waals surface area contributed by atoms with E-state index in [9.17, 15) is 0 Å². The first-order valence-corrected chi connectivity index (χ1v) is 9.91. The Balaban J connectivity index is 1.90. The Morgan fingerprint density at radius 1 is 0.731 bits per heavy atom. The van der Waals surface area contributed by atoms with Gasteiger partial charge in [-0.15, -0.1) is 11.3 Å². The van der Waals surface area contributed by atoms with E-state index in [0.717, 1.165) is 42.7 Å². The highest BCUT2D eigenvalue weighted by molar-refractivity contribution is 9.10. The van der Waals surface area contributed by atoms with Gasteiger partial charge in [0.2, 0.25) is 0 Å². The molecule has 0 radical (unpaired) electrons. The van der Waals surface area contributed by atoms with Crippen molar-refractivity contribution in [3.8, 4) is 22.6 Å². The van der Waals surface area contributed by atoms with Crippen molar-refractivity contribution in [1.82, 2.24) is 9.97 Å². The molecule has 3 aromatic carbocycles. The first kappa shape index (κ1) is 15.7. The first-order valence-electron chi connectivity index (χ1n) is 8.30. The summed E-state index contributed by atoms with van der Waals surface area (Å²) < 4.78 is 3.41. The molecule has 124 valence electrons. The number of benzene rings is 3. The molecule has 0 bridgehead atoms. The summed E-state index contributed by atoms with van der Waals surface area (Å²) in [7, 11) is 0. The van der Waals surface area contributed by atoms with E-state index in [1.807, 2.05) is 24.3 Å². The van der Waals surface area contributed by atoms with Gasteiger partial charge in [-0.1, -0.05) is 76.6 Å². The maximum Gasteiger partial charge on any atom is 0.160 e. The number of halogens is 1.